The summed E-state index contributed by atoms with van der Waals surface area (Å²) in [7, 11) is 0. The van der Waals surface area contributed by atoms with Crippen LogP contribution in [0.2, 0.25) is 0 Å². The molecule has 1 fully saturated rings. The molecule has 21 heavy (non-hydrogen) atoms. The zero-order valence-electron chi connectivity index (χ0n) is 13.3. The predicted molar refractivity (Wildman–Crippen MR) is 82.0 cm³/mol. The summed E-state index contributed by atoms with van der Waals surface area (Å²) in [5.41, 5.74) is 5.89. The molecule has 0 spiro atoms. The Labute approximate surface area is 126 Å². The topological polar surface area (TPSA) is 104 Å². The van der Waals surface area contributed by atoms with Crippen LogP contribution < -0.4 is 16.4 Å². The van der Waals surface area contributed by atoms with Crippen LogP contribution in [0.4, 0.5) is 4.79 Å². The Hall–Kier alpha value is -1.30. The van der Waals surface area contributed by atoms with Crippen LogP contribution in [0, 0.1) is 11.3 Å². The molecule has 0 aromatic heterocycles. The van der Waals surface area contributed by atoms with Gasteiger partial charge in [0.05, 0.1) is 5.92 Å². The van der Waals surface area contributed by atoms with E-state index in [2.05, 4.69) is 10.6 Å². The van der Waals surface area contributed by atoms with Crippen molar-refractivity contribution in [3.8, 4) is 0 Å². The lowest BCUT2D eigenvalue weighted by molar-refractivity contribution is -0.142. The number of hydrogen-bond acceptors (Lipinski definition) is 3. The molecule has 1 aliphatic rings. The molecule has 0 radical (unpaired) electrons. The maximum atomic E-state index is 11.9. The number of urea groups is 1. The lowest BCUT2D eigenvalue weighted by atomic mass is 9.84. The monoisotopic (exact) mass is 299 g/mol. The zero-order valence-corrected chi connectivity index (χ0v) is 13.3. The first kappa shape index (κ1) is 17.8. The largest absolute Gasteiger partial charge is 0.481 e. The minimum atomic E-state index is -0.875. The van der Waals surface area contributed by atoms with Crippen molar-refractivity contribution in [3.63, 3.8) is 0 Å². The van der Waals surface area contributed by atoms with E-state index in [0.717, 1.165) is 25.7 Å². The van der Waals surface area contributed by atoms with E-state index in [1.54, 1.807) is 0 Å². The van der Waals surface area contributed by atoms with Gasteiger partial charge in [-0.25, -0.2) is 4.79 Å². The minimum absolute atomic E-state index is 0.00524. The van der Waals surface area contributed by atoms with Gasteiger partial charge in [-0.15, -0.1) is 0 Å². The third-order valence-corrected chi connectivity index (χ3v) is 3.85. The smallest absolute Gasteiger partial charge is 0.315 e. The molecule has 0 aliphatic heterocycles. The van der Waals surface area contributed by atoms with Gasteiger partial charge in [0.2, 0.25) is 0 Å². The number of rotatable bonds is 5. The maximum Gasteiger partial charge on any atom is 0.315 e. The van der Waals surface area contributed by atoms with Gasteiger partial charge in [0, 0.05) is 18.6 Å². The van der Waals surface area contributed by atoms with Gasteiger partial charge < -0.3 is 21.5 Å². The molecule has 3 atom stereocenters. The summed E-state index contributed by atoms with van der Waals surface area (Å²) in [6.45, 7) is 6.11. The second-order valence-electron chi connectivity index (χ2n) is 7.21. The van der Waals surface area contributed by atoms with Gasteiger partial charge in [-0.2, -0.15) is 0 Å². The molecule has 3 unspecified atom stereocenters. The molecular formula is C15H29N3O3. The van der Waals surface area contributed by atoms with Gasteiger partial charge in [0.1, 0.15) is 0 Å². The Morgan fingerprint density at radius 3 is 2.43 bits per heavy atom. The van der Waals surface area contributed by atoms with Crippen LogP contribution in [0.3, 0.4) is 0 Å². The number of nitrogens with two attached hydrogens (primary N) is 1. The Morgan fingerprint density at radius 1 is 1.29 bits per heavy atom. The summed E-state index contributed by atoms with van der Waals surface area (Å²) >= 11 is 0. The molecule has 2 amide bonds. The second-order valence-corrected chi connectivity index (χ2v) is 7.21. The molecule has 0 aromatic rings. The van der Waals surface area contributed by atoms with E-state index in [9.17, 15) is 14.7 Å². The van der Waals surface area contributed by atoms with Crippen molar-refractivity contribution < 1.29 is 14.7 Å². The third kappa shape index (κ3) is 6.80. The molecular weight excluding hydrogens is 270 g/mol. The van der Waals surface area contributed by atoms with Crippen molar-refractivity contribution in [2.75, 3.05) is 6.54 Å². The van der Waals surface area contributed by atoms with Crippen LogP contribution in [-0.2, 0) is 4.79 Å². The molecule has 6 heteroatoms. The number of carbonyl (C=O) groups excluding carboxylic acids is 1. The van der Waals surface area contributed by atoms with Crippen molar-refractivity contribution in [2.45, 2.75) is 65.0 Å². The number of carbonyl (C=O) groups is 2. The number of nitrogens with one attached hydrogen (secondary N) is 2. The van der Waals surface area contributed by atoms with Gasteiger partial charge in [-0.3, -0.25) is 4.79 Å². The fourth-order valence-corrected chi connectivity index (χ4v) is 2.76. The molecule has 6 nitrogen and oxygen atoms in total. The standard InChI is InChI=1S/C15H29N3O3/c1-15(2,3)8-10(13(19)20)9-17-14(21)18-12-7-5-4-6-11(12)16/h10-12H,4-9,16H2,1-3H3,(H,19,20)(H2,17,18,21). The molecule has 0 aromatic carbocycles. The van der Waals surface area contributed by atoms with E-state index in [1.807, 2.05) is 20.8 Å². The van der Waals surface area contributed by atoms with Crippen molar-refractivity contribution in [3.05, 3.63) is 0 Å². The third-order valence-electron chi connectivity index (χ3n) is 3.85. The molecule has 1 rings (SSSR count). The number of hydrogen-bond donors (Lipinski definition) is 4. The van der Waals surface area contributed by atoms with E-state index in [4.69, 9.17) is 5.73 Å². The highest BCUT2D eigenvalue weighted by atomic mass is 16.4. The van der Waals surface area contributed by atoms with Gasteiger partial charge in [-0.1, -0.05) is 33.6 Å². The lowest BCUT2D eigenvalue weighted by Crippen LogP contribution is -2.53. The van der Waals surface area contributed by atoms with Crippen LogP contribution in [0.15, 0.2) is 0 Å². The number of carboxylic acids is 1. The SMILES string of the molecule is CC(C)(C)CC(CNC(=O)NC1CCCCC1N)C(=O)O. The lowest BCUT2D eigenvalue weighted by Gasteiger charge is -2.29. The van der Waals surface area contributed by atoms with Crippen LogP contribution in [-0.4, -0.2) is 35.7 Å². The quantitative estimate of drug-likeness (QED) is 0.620. The van der Waals surface area contributed by atoms with Crippen LogP contribution >= 0.6 is 0 Å². The normalized spacial score (nSPS) is 24.2. The molecule has 122 valence electrons. The van der Waals surface area contributed by atoms with Crippen molar-refractivity contribution in [1.29, 1.82) is 0 Å². The highest BCUT2D eigenvalue weighted by molar-refractivity contribution is 5.76. The summed E-state index contributed by atoms with van der Waals surface area (Å²) in [5.74, 6) is -1.45. The van der Waals surface area contributed by atoms with Crippen LogP contribution in [0.1, 0.15) is 52.9 Å². The van der Waals surface area contributed by atoms with Gasteiger partial charge in [0.25, 0.3) is 0 Å². The highest BCUT2D eigenvalue weighted by Crippen LogP contribution is 2.24. The first-order valence-corrected chi connectivity index (χ1v) is 7.72. The van der Waals surface area contributed by atoms with Crippen molar-refractivity contribution in [1.82, 2.24) is 10.6 Å². The maximum absolute atomic E-state index is 11.9. The van der Waals surface area contributed by atoms with E-state index < -0.39 is 11.9 Å². The second kappa shape index (κ2) is 7.64. The Bertz CT molecular complexity index is 366. The minimum Gasteiger partial charge on any atom is -0.481 e. The fraction of sp³-hybridized carbons (Fsp3) is 0.867. The Balaban J connectivity index is 2.40. The molecule has 0 heterocycles. The molecule has 0 saturated heterocycles. The summed E-state index contributed by atoms with van der Waals surface area (Å²) in [6.07, 6.45) is 4.51. The summed E-state index contributed by atoms with van der Waals surface area (Å²) in [4.78, 5) is 23.1. The van der Waals surface area contributed by atoms with Gasteiger partial charge >= 0.3 is 12.0 Å². The molecule has 0 bridgehead atoms. The van der Waals surface area contributed by atoms with E-state index >= 15 is 0 Å². The molecule has 1 aliphatic carbocycles. The van der Waals surface area contributed by atoms with E-state index in [1.165, 1.54) is 0 Å². The summed E-state index contributed by atoms with van der Waals surface area (Å²) in [5, 5.41) is 14.7. The van der Waals surface area contributed by atoms with E-state index in [0.29, 0.717) is 6.42 Å². The summed E-state index contributed by atoms with van der Waals surface area (Å²) in [6, 6.07) is -0.337. The Morgan fingerprint density at radius 2 is 1.90 bits per heavy atom. The van der Waals surface area contributed by atoms with Crippen molar-refractivity contribution >= 4 is 12.0 Å². The fourth-order valence-electron chi connectivity index (χ4n) is 2.76. The van der Waals surface area contributed by atoms with E-state index in [-0.39, 0.29) is 30.1 Å². The molecule has 1 saturated carbocycles. The zero-order chi connectivity index (χ0) is 16.0. The van der Waals surface area contributed by atoms with Crippen LogP contribution in [0.25, 0.3) is 0 Å². The highest BCUT2D eigenvalue weighted by Gasteiger charge is 2.26. The Kier molecular flexibility index (Phi) is 6.45. The van der Waals surface area contributed by atoms with Crippen molar-refractivity contribution in [2.24, 2.45) is 17.1 Å². The van der Waals surface area contributed by atoms with Gasteiger partial charge in [0.15, 0.2) is 0 Å². The number of amides is 2. The van der Waals surface area contributed by atoms with Gasteiger partial charge in [-0.05, 0) is 24.7 Å². The number of carboxylic acid groups (broad SMARTS) is 1. The average Bonchev–Trinajstić information content (AvgIpc) is 2.35. The predicted octanol–water partition coefficient (Wildman–Crippen LogP) is 1.69. The first-order valence-electron chi connectivity index (χ1n) is 7.72. The average molecular weight is 299 g/mol. The molecule has 5 N–H and O–H groups in total. The summed E-state index contributed by atoms with van der Waals surface area (Å²) < 4.78 is 0. The first-order chi connectivity index (χ1) is 9.69. The number of aliphatic carboxylic acids is 1. The van der Waals surface area contributed by atoms with Crippen LogP contribution in [0.5, 0.6) is 0 Å².